The first-order valence-electron chi connectivity index (χ1n) is 9.72. The lowest BCUT2D eigenvalue weighted by Gasteiger charge is -2.49. The van der Waals surface area contributed by atoms with Crippen LogP contribution < -0.4 is 9.64 Å². The number of amides is 1. The first-order valence-corrected chi connectivity index (χ1v) is 9.72. The van der Waals surface area contributed by atoms with Crippen molar-refractivity contribution in [3.8, 4) is 5.75 Å². The number of benzene rings is 3. The molecule has 154 valence electrons. The summed E-state index contributed by atoms with van der Waals surface area (Å²) in [6, 6.07) is 22.3. The number of aliphatic hydroxyl groups excluding tert-OH is 2. The molecule has 1 aliphatic rings. The van der Waals surface area contributed by atoms with Gasteiger partial charge in [0.1, 0.15) is 18.2 Å². The molecular formula is C24H22FNO4. The van der Waals surface area contributed by atoms with Crippen molar-refractivity contribution in [2.45, 2.75) is 18.8 Å². The predicted molar refractivity (Wildman–Crippen MR) is 110 cm³/mol. The molecule has 1 amide bonds. The van der Waals surface area contributed by atoms with Gasteiger partial charge in [0.25, 0.3) is 0 Å². The van der Waals surface area contributed by atoms with Crippen molar-refractivity contribution in [3.05, 3.63) is 95.8 Å². The normalized spacial score (nSPS) is 19.3. The minimum Gasteiger partial charge on any atom is -0.489 e. The Bertz CT molecular complexity index is 992. The SMILES string of the molecule is O=C1C([C@@H](O)CO)C(c2ccc(OCc3ccccc3)cc2)N1c1ccc(F)cc1. The second-order valence-corrected chi connectivity index (χ2v) is 7.25. The number of β-lactam (4-membered cyclic amide) rings is 1. The van der Waals surface area contributed by atoms with Gasteiger partial charge < -0.3 is 19.8 Å². The summed E-state index contributed by atoms with van der Waals surface area (Å²) in [5.74, 6) is -0.787. The van der Waals surface area contributed by atoms with Crippen LogP contribution in [0.3, 0.4) is 0 Å². The van der Waals surface area contributed by atoms with Crippen molar-refractivity contribution in [2.24, 2.45) is 5.92 Å². The van der Waals surface area contributed by atoms with Gasteiger partial charge in [0, 0.05) is 5.69 Å². The van der Waals surface area contributed by atoms with E-state index in [1.807, 2.05) is 54.6 Å². The summed E-state index contributed by atoms with van der Waals surface area (Å²) < 4.78 is 19.1. The predicted octanol–water partition coefficient (Wildman–Crippen LogP) is 3.46. The van der Waals surface area contributed by atoms with E-state index < -0.39 is 30.5 Å². The Balaban J connectivity index is 1.55. The molecular weight excluding hydrogens is 385 g/mol. The minimum atomic E-state index is -1.17. The lowest BCUT2D eigenvalue weighted by Crippen LogP contribution is -2.60. The fourth-order valence-electron chi connectivity index (χ4n) is 3.75. The maximum absolute atomic E-state index is 13.3. The van der Waals surface area contributed by atoms with Crippen molar-refractivity contribution in [2.75, 3.05) is 11.5 Å². The molecule has 1 saturated heterocycles. The van der Waals surface area contributed by atoms with E-state index in [9.17, 15) is 19.4 Å². The van der Waals surface area contributed by atoms with Crippen LogP contribution in [0.4, 0.5) is 10.1 Å². The van der Waals surface area contributed by atoms with Crippen LogP contribution in [0.25, 0.3) is 0 Å². The van der Waals surface area contributed by atoms with Crippen LogP contribution in [-0.4, -0.2) is 28.8 Å². The minimum absolute atomic E-state index is 0.308. The highest BCUT2D eigenvalue weighted by Crippen LogP contribution is 2.45. The Kier molecular flexibility index (Phi) is 5.79. The van der Waals surface area contributed by atoms with E-state index in [2.05, 4.69) is 0 Å². The van der Waals surface area contributed by atoms with E-state index >= 15 is 0 Å². The molecule has 0 radical (unpaired) electrons. The van der Waals surface area contributed by atoms with Crippen LogP contribution in [0.1, 0.15) is 17.2 Å². The Morgan fingerprint density at radius 1 is 0.967 bits per heavy atom. The molecule has 4 rings (SSSR count). The molecule has 2 N–H and O–H groups in total. The van der Waals surface area contributed by atoms with E-state index in [0.29, 0.717) is 18.0 Å². The van der Waals surface area contributed by atoms with Gasteiger partial charge in [-0.3, -0.25) is 4.79 Å². The first-order chi connectivity index (χ1) is 14.6. The van der Waals surface area contributed by atoms with E-state index in [0.717, 1.165) is 11.1 Å². The number of ether oxygens (including phenoxy) is 1. The number of hydrogen-bond acceptors (Lipinski definition) is 4. The van der Waals surface area contributed by atoms with Crippen LogP contribution >= 0.6 is 0 Å². The smallest absolute Gasteiger partial charge is 0.235 e. The highest BCUT2D eigenvalue weighted by Gasteiger charge is 2.52. The van der Waals surface area contributed by atoms with Crippen molar-refractivity contribution >= 4 is 11.6 Å². The van der Waals surface area contributed by atoms with Crippen molar-refractivity contribution in [1.29, 1.82) is 0 Å². The van der Waals surface area contributed by atoms with Gasteiger partial charge in [0.15, 0.2) is 0 Å². The number of aliphatic hydroxyl groups is 2. The number of hydrogen-bond donors (Lipinski definition) is 2. The summed E-state index contributed by atoms with van der Waals surface area (Å²) in [7, 11) is 0. The maximum Gasteiger partial charge on any atom is 0.235 e. The fraction of sp³-hybridized carbons (Fsp3) is 0.208. The fourth-order valence-corrected chi connectivity index (χ4v) is 3.75. The van der Waals surface area contributed by atoms with E-state index in [1.54, 1.807) is 0 Å². The van der Waals surface area contributed by atoms with E-state index in [-0.39, 0.29) is 5.91 Å². The van der Waals surface area contributed by atoms with Gasteiger partial charge in [-0.05, 0) is 47.5 Å². The van der Waals surface area contributed by atoms with Gasteiger partial charge in [0.2, 0.25) is 5.91 Å². The largest absolute Gasteiger partial charge is 0.489 e. The van der Waals surface area contributed by atoms with E-state index in [4.69, 9.17) is 4.74 Å². The standard InChI is InChI=1S/C24H22FNO4/c25-18-8-10-19(11-9-18)26-23(22(24(26)29)21(28)14-27)17-6-12-20(13-7-17)30-15-16-4-2-1-3-5-16/h1-13,21-23,27-28H,14-15H2/t21-,22?,23?/m0/s1. The molecule has 1 aliphatic heterocycles. The number of nitrogens with zero attached hydrogens (tertiary/aromatic N) is 1. The molecule has 3 aromatic rings. The average molecular weight is 407 g/mol. The number of halogens is 1. The molecule has 5 nitrogen and oxygen atoms in total. The zero-order chi connectivity index (χ0) is 21.1. The molecule has 0 bridgehead atoms. The van der Waals surface area contributed by atoms with Crippen LogP contribution in [-0.2, 0) is 11.4 Å². The summed E-state index contributed by atoms with van der Waals surface area (Å²) in [4.78, 5) is 14.2. The van der Waals surface area contributed by atoms with Crippen LogP contribution in [0.2, 0.25) is 0 Å². The second kappa shape index (κ2) is 8.65. The summed E-state index contributed by atoms with van der Waals surface area (Å²) in [5, 5.41) is 19.5. The third-order valence-corrected chi connectivity index (χ3v) is 5.32. The summed E-state index contributed by atoms with van der Waals surface area (Å²) in [6.45, 7) is -0.0713. The van der Waals surface area contributed by atoms with Crippen molar-refractivity contribution in [1.82, 2.24) is 0 Å². The summed E-state index contributed by atoms with van der Waals surface area (Å²) >= 11 is 0. The lowest BCUT2D eigenvalue weighted by molar-refractivity contribution is -0.137. The Hall–Kier alpha value is -3.22. The third-order valence-electron chi connectivity index (χ3n) is 5.32. The van der Waals surface area contributed by atoms with Crippen molar-refractivity contribution < 1.29 is 24.1 Å². The van der Waals surface area contributed by atoms with Gasteiger partial charge in [-0.1, -0.05) is 42.5 Å². The maximum atomic E-state index is 13.3. The second-order valence-electron chi connectivity index (χ2n) is 7.25. The molecule has 30 heavy (non-hydrogen) atoms. The van der Waals surface area contributed by atoms with Crippen molar-refractivity contribution in [3.63, 3.8) is 0 Å². The van der Waals surface area contributed by atoms with Crippen LogP contribution in [0.15, 0.2) is 78.9 Å². The Morgan fingerprint density at radius 3 is 2.27 bits per heavy atom. The average Bonchev–Trinajstić information content (AvgIpc) is 2.78. The van der Waals surface area contributed by atoms with Crippen LogP contribution in [0, 0.1) is 11.7 Å². The van der Waals surface area contributed by atoms with Gasteiger partial charge >= 0.3 is 0 Å². The quantitative estimate of drug-likeness (QED) is 0.589. The van der Waals surface area contributed by atoms with Gasteiger partial charge in [-0.2, -0.15) is 0 Å². The van der Waals surface area contributed by atoms with Crippen LogP contribution in [0.5, 0.6) is 5.75 Å². The van der Waals surface area contributed by atoms with Gasteiger partial charge in [-0.15, -0.1) is 0 Å². The number of carbonyl (C=O) groups is 1. The highest BCUT2D eigenvalue weighted by molar-refractivity contribution is 6.03. The molecule has 1 fully saturated rings. The first kappa shape index (κ1) is 20.1. The molecule has 3 atom stereocenters. The molecule has 0 aliphatic carbocycles. The Labute approximate surface area is 174 Å². The Morgan fingerprint density at radius 2 is 1.63 bits per heavy atom. The van der Waals surface area contributed by atoms with Gasteiger partial charge in [0.05, 0.1) is 24.7 Å². The van der Waals surface area contributed by atoms with E-state index in [1.165, 1.54) is 29.2 Å². The molecule has 3 aromatic carbocycles. The zero-order valence-electron chi connectivity index (χ0n) is 16.2. The third kappa shape index (κ3) is 3.92. The topological polar surface area (TPSA) is 70.0 Å². The monoisotopic (exact) mass is 407 g/mol. The lowest BCUT2D eigenvalue weighted by atomic mass is 9.78. The molecule has 0 aromatic heterocycles. The molecule has 0 spiro atoms. The van der Waals surface area contributed by atoms with Gasteiger partial charge in [-0.25, -0.2) is 4.39 Å². The number of rotatable bonds is 7. The molecule has 0 saturated carbocycles. The molecule has 1 heterocycles. The summed E-state index contributed by atoms with van der Waals surface area (Å²) in [5.41, 5.74) is 2.39. The summed E-state index contributed by atoms with van der Waals surface area (Å²) in [6.07, 6.45) is -1.17. The zero-order valence-corrected chi connectivity index (χ0v) is 16.2. The highest BCUT2D eigenvalue weighted by atomic mass is 19.1. The number of carbonyl (C=O) groups excluding carboxylic acids is 1. The molecule has 6 heteroatoms. The molecule has 2 unspecified atom stereocenters. The number of anilines is 1.